The van der Waals surface area contributed by atoms with E-state index in [-0.39, 0.29) is 24.3 Å². The van der Waals surface area contributed by atoms with Crippen molar-refractivity contribution in [3.8, 4) is 0 Å². The van der Waals surface area contributed by atoms with E-state index in [1.54, 1.807) is 24.3 Å². The van der Waals surface area contributed by atoms with Gasteiger partial charge in [0.05, 0.1) is 0 Å². The zero-order valence-electron chi connectivity index (χ0n) is 14.5. The first-order valence-electron chi connectivity index (χ1n) is 8.26. The Labute approximate surface area is 149 Å². The largest absolute Gasteiger partial charge is 0.352 e. The number of anilines is 1. The number of rotatable bonds is 6. The fraction of sp³-hybridized carbons (Fsp3) is 0.353. The number of nitrogens with zero attached hydrogens (tertiary/aromatic N) is 3. The monoisotopic (exact) mass is 357 g/mol. The fourth-order valence-electron chi connectivity index (χ4n) is 2.44. The molecule has 2 heterocycles. The Balaban J connectivity index is 1.53. The van der Waals surface area contributed by atoms with E-state index in [2.05, 4.69) is 20.8 Å². The topological polar surface area (TPSA) is 117 Å². The van der Waals surface area contributed by atoms with Gasteiger partial charge >= 0.3 is 6.03 Å². The molecule has 0 saturated carbocycles. The van der Waals surface area contributed by atoms with E-state index < -0.39 is 6.03 Å². The van der Waals surface area contributed by atoms with Gasteiger partial charge in [-0.2, -0.15) is 4.98 Å². The molecule has 1 aromatic carbocycles. The van der Waals surface area contributed by atoms with Gasteiger partial charge in [0.1, 0.15) is 6.54 Å². The van der Waals surface area contributed by atoms with Crippen LogP contribution in [-0.4, -0.2) is 41.1 Å². The zero-order valence-corrected chi connectivity index (χ0v) is 14.5. The number of benzene rings is 1. The number of hydrogen-bond acceptors (Lipinski definition) is 6. The third kappa shape index (κ3) is 3.88. The predicted molar refractivity (Wildman–Crippen MR) is 91.8 cm³/mol. The summed E-state index contributed by atoms with van der Waals surface area (Å²) in [4.78, 5) is 40.6. The van der Waals surface area contributed by atoms with Crippen LogP contribution in [0.2, 0.25) is 0 Å². The SMILES string of the molecule is CC(C)c1nc(CCNC(=O)c2ccc(N3CC(=O)NC3=O)cc2)no1. The van der Waals surface area contributed by atoms with Crippen LogP contribution < -0.4 is 15.5 Å². The molecular weight excluding hydrogens is 338 g/mol. The summed E-state index contributed by atoms with van der Waals surface area (Å²) in [5.41, 5.74) is 1.01. The molecule has 1 aromatic heterocycles. The van der Waals surface area contributed by atoms with Crippen LogP contribution in [0, 0.1) is 0 Å². The maximum Gasteiger partial charge on any atom is 0.329 e. The normalized spacial score (nSPS) is 14.0. The van der Waals surface area contributed by atoms with Gasteiger partial charge < -0.3 is 9.84 Å². The van der Waals surface area contributed by atoms with E-state index in [0.29, 0.717) is 35.9 Å². The Hall–Kier alpha value is -3.23. The lowest BCUT2D eigenvalue weighted by molar-refractivity contribution is -0.117. The summed E-state index contributed by atoms with van der Waals surface area (Å²) in [6.45, 7) is 4.28. The summed E-state index contributed by atoms with van der Waals surface area (Å²) >= 11 is 0. The highest BCUT2D eigenvalue weighted by molar-refractivity contribution is 6.12. The van der Waals surface area contributed by atoms with Crippen LogP contribution in [0.1, 0.15) is 41.8 Å². The van der Waals surface area contributed by atoms with Crippen LogP contribution in [0.5, 0.6) is 0 Å². The van der Waals surface area contributed by atoms with E-state index in [4.69, 9.17) is 4.52 Å². The van der Waals surface area contributed by atoms with E-state index in [1.165, 1.54) is 4.90 Å². The van der Waals surface area contributed by atoms with Gasteiger partial charge in [0.2, 0.25) is 11.8 Å². The number of amides is 4. The minimum Gasteiger partial charge on any atom is -0.352 e. The van der Waals surface area contributed by atoms with Crippen LogP contribution in [0.15, 0.2) is 28.8 Å². The van der Waals surface area contributed by atoms with Crippen molar-refractivity contribution in [2.75, 3.05) is 18.0 Å². The van der Waals surface area contributed by atoms with Crippen molar-refractivity contribution in [2.24, 2.45) is 0 Å². The highest BCUT2D eigenvalue weighted by atomic mass is 16.5. The molecule has 1 aliphatic rings. The van der Waals surface area contributed by atoms with Crippen molar-refractivity contribution in [3.63, 3.8) is 0 Å². The Morgan fingerprint density at radius 1 is 1.31 bits per heavy atom. The van der Waals surface area contributed by atoms with Gasteiger partial charge in [-0.05, 0) is 24.3 Å². The number of hydrogen-bond donors (Lipinski definition) is 2. The second-order valence-corrected chi connectivity index (χ2v) is 6.20. The average Bonchev–Trinajstić information content (AvgIpc) is 3.21. The summed E-state index contributed by atoms with van der Waals surface area (Å²) in [7, 11) is 0. The third-order valence-corrected chi connectivity index (χ3v) is 3.85. The summed E-state index contributed by atoms with van der Waals surface area (Å²) in [5.74, 6) is 0.697. The third-order valence-electron chi connectivity index (χ3n) is 3.85. The minimum atomic E-state index is -0.465. The van der Waals surface area contributed by atoms with Crippen molar-refractivity contribution in [1.82, 2.24) is 20.8 Å². The Kier molecular flexibility index (Phi) is 4.97. The quantitative estimate of drug-likeness (QED) is 0.751. The molecular formula is C17H19N5O4. The van der Waals surface area contributed by atoms with Crippen LogP contribution in [0.3, 0.4) is 0 Å². The molecule has 0 unspecified atom stereocenters. The van der Waals surface area contributed by atoms with Gasteiger partial charge in [0, 0.05) is 30.1 Å². The summed E-state index contributed by atoms with van der Waals surface area (Å²) in [6, 6.07) is 5.99. The first kappa shape index (κ1) is 17.6. The highest BCUT2D eigenvalue weighted by Gasteiger charge is 2.27. The van der Waals surface area contributed by atoms with Crippen molar-refractivity contribution < 1.29 is 18.9 Å². The van der Waals surface area contributed by atoms with Crippen LogP contribution in [-0.2, 0) is 11.2 Å². The molecule has 3 rings (SSSR count). The molecule has 2 aromatic rings. The van der Waals surface area contributed by atoms with E-state index in [1.807, 2.05) is 13.8 Å². The van der Waals surface area contributed by atoms with Crippen molar-refractivity contribution >= 4 is 23.5 Å². The fourth-order valence-corrected chi connectivity index (χ4v) is 2.44. The molecule has 0 bridgehead atoms. The molecule has 0 atom stereocenters. The number of carbonyl (C=O) groups is 3. The van der Waals surface area contributed by atoms with Gasteiger partial charge in [-0.3, -0.25) is 19.8 Å². The maximum atomic E-state index is 12.2. The number of urea groups is 1. The lowest BCUT2D eigenvalue weighted by Gasteiger charge is -2.13. The molecule has 9 heteroatoms. The van der Waals surface area contributed by atoms with Crippen molar-refractivity contribution in [3.05, 3.63) is 41.5 Å². The average molecular weight is 357 g/mol. The molecule has 4 amide bonds. The summed E-state index contributed by atoms with van der Waals surface area (Å²) in [5, 5.41) is 8.85. The highest BCUT2D eigenvalue weighted by Crippen LogP contribution is 2.17. The number of nitrogens with one attached hydrogen (secondary N) is 2. The Bertz CT molecular complexity index is 828. The smallest absolute Gasteiger partial charge is 0.329 e. The summed E-state index contributed by atoms with van der Waals surface area (Å²) in [6.07, 6.45) is 0.468. The summed E-state index contributed by atoms with van der Waals surface area (Å²) < 4.78 is 5.11. The van der Waals surface area contributed by atoms with Gasteiger partial charge in [-0.15, -0.1) is 0 Å². The van der Waals surface area contributed by atoms with Crippen LogP contribution in [0.25, 0.3) is 0 Å². The maximum absolute atomic E-state index is 12.2. The second kappa shape index (κ2) is 7.34. The molecule has 0 spiro atoms. The molecule has 0 aliphatic carbocycles. The van der Waals surface area contributed by atoms with Crippen molar-refractivity contribution in [1.29, 1.82) is 0 Å². The first-order chi connectivity index (χ1) is 12.4. The second-order valence-electron chi connectivity index (χ2n) is 6.20. The van der Waals surface area contributed by atoms with E-state index in [9.17, 15) is 14.4 Å². The molecule has 1 aliphatic heterocycles. The standard InChI is InChI=1S/C17H19N5O4/c1-10(2)16-19-13(21-26-16)7-8-18-15(24)11-3-5-12(6-4-11)22-9-14(23)20-17(22)25/h3-6,10H,7-9H2,1-2H3,(H,18,24)(H,20,23,25). The Morgan fingerprint density at radius 2 is 2.04 bits per heavy atom. The van der Waals surface area contributed by atoms with Gasteiger partial charge in [-0.25, -0.2) is 4.79 Å². The number of imide groups is 1. The molecule has 26 heavy (non-hydrogen) atoms. The minimum absolute atomic E-state index is 0.0204. The van der Waals surface area contributed by atoms with E-state index >= 15 is 0 Å². The molecule has 9 nitrogen and oxygen atoms in total. The molecule has 0 radical (unpaired) electrons. The Morgan fingerprint density at radius 3 is 2.62 bits per heavy atom. The van der Waals surface area contributed by atoms with E-state index in [0.717, 1.165) is 0 Å². The van der Waals surface area contributed by atoms with Gasteiger partial charge in [0.15, 0.2) is 5.82 Å². The number of aromatic nitrogens is 2. The molecule has 136 valence electrons. The van der Waals surface area contributed by atoms with Gasteiger partial charge in [-0.1, -0.05) is 19.0 Å². The molecule has 2 N–H and O–H groups in total. The zero-order chi connectivity index (χ0) is 18.7. The molecule has 1 saturated heterocycles. The lowest BCUT2D eigenvalue weighted by atomic mass is 10.2. The predicted octanol–water partition coefficient (Wildman–Crippen LogP) is 1.22. The van der Waals surface area contributed by atoms with Crippen LogP contribution in [0.4, 0.5) is 10.5 Å². The van der Waals surface area contributed by atoms with Crippen molar-refractivity contribution in [2.45, 2.75) is 26.2 Å². The lowest BCUT2D eigenvalue weighted by Crippen LogP contribution is -2.28. The van der Waals surface area contributed by atoms with Gasteiger partial charge in [0.25, 0.3) is 5.91 Å². The first-order valence-corrected chi connectivity index (χ1v) is 8.26. The number of carbonyl (C=O) groups excluding carboxylic acids is 3. The molecule has 1 fully saturated rings. The van der Waals surface area contributed by atoms with Crippen LogP contribution >= 0.6 is 0 Å².